The van der Waals surface area contributed by atoms with Crippen molar-refractivity contribution in [1.82, 2.24) is 15.1 Å². The molecule has 5 nitrogen and oxygen atoms in total. The van der Waals surface area contributed by atoms with Crippen LogP contribution in [0.4, 0.5) is 0 Å². The van der Waals surface area contributed by atoms with Gasteiger partial charge in [0.05, 0.1) is 12.2 Å². The number of hydrogen-bond donors (Lipinski definition) is 2. The van der Waals surface area contributed by atoms with Crippen molar-refractivity contribution in [2.45, 2.75) is 45.2 Å². The normalized spacial score (nSPS) is 20.8. The van der Waals surface area contributed by atoms with E-state index in [1.165, 1.54) is 11.3 Å². The van der Waals surface area contributed by atoms with Crippen LogP contribution >= 0.6 is 0 Å². The number of amides is 1. The molecule has 1 aliphatic rings. The smallest absolute Gasteiger partial charge is 0.234 e. The summed E-state index contributed by atoms with van der Waals surface area (Å²) < 4.78 is 1.93. The molecular weight excluding hydrogens is 228 g/mol. The molecule has 2 unspecified atom stereocenters. The van der Waals surface area contributed by atoms with Gasteiger partial charge in [-0.15, -0.1) is 0 Å². The summed E-state index contributed by atoms with van der Waals surface area (Å²) in [6.07, 6.45) is 5.13. The van der Waals surface area contributed by atoms with Crippen molar-refractivity contribution in [3.8, 4) is 0 Å². The van der Waals surface area contributed by atoms with Gasteiger partial charge in [0, 0.05) is 24.3 Å². The maximum absolute atomic E-state index is 11.5. The molecule has 2 atom stereocenters. The number of primary amides is 1. The number of fused-ring (bicyclic) bond motifs is 1. The van der Waals surface area contributed by atoms with Crippen LogP contribution in [0.5, 0.6) is 0 Å². The van der Waals surface area contributed by atoms with Gasteiger partial charge in [-0.25, -0.2) is 0 Å². The molecule has 0 saturated heterocycles. The van der Waals surface area contributed by atoms with Gasteiger partial charge < -0.3 is 5.73 Å². The van der Waals surface area contributed by atoms with Crippen LogP contribution in [0.3, 0.4) is 0 Å². The van der Waals surface area contributed by atoms with Crippen molar-refractivity contribution in [2.24, 2.45) is 18.7 Å². The van der Waals surface area contributed by atoms with E-state index in [0.29, 0.717) is 0 Å². The molecule has 1 amide bonds. The standard InChI is InChI=1S/C13H22N4O/c1-8(2)12(13(14)18)16-10-5-4-6-11-9(10)7-15-17(11)3/h7-8,10,12,16H,4-6H2,1-3H3,(H2,14,18). The molecule has 0 spiro atoms. The number of aryl methyl sites for hydroxylation is 1. The average molecular weight is 250 g/mol. The van der Waals surface area contributed by atoms with E-state index < -0.39 is 0 Å². The molecule has 0 fully saturated rings. The number of nitrogens with two attached hydrogens (primary N) is 1. The Morgan fingerprint density at radius 2 is 2.33 bits per heavy atom. The summed E-state index contributed by atoms with van der Waals surface area (Å²) >= 11 is 0. The lowest BCUT2D eigenvalue weighted by Gasteiger charge is -2.29. The Kier molecular flexibility index (Phi) is 3.71. The molecular formula is C13H22N4O. The highest BCUT2D eigenvalue weighted by Crippen LogP contribution is 2.29. The number of nitrogens with zero attached hydrogens (tertiary/aromatic N) is 2. The SMILES string of the molecule is CC(C)C(NC1CCCc2c1cnn2C)C(N)=O. The van der Waals surface area contributed by atoms with Gasteiger partial charge in [-0.05, 0) is 25.2 Å². The maximum atomic E-state index is 11.5. The predicted molar refractivity (Wildman–Crippen MR) is 69.8 cm³/mol. The Labute approximate surface area is 108 Å². The zero-order valence-corrected chi connectivity index (χ0v) is 11.3. The monoisotopic (exact) mass is 250 g/mol. The van der Waals surface area contributed by atoms with Crippen molar-refractivity contribution >= 4 is 5.91 Å². The van der Waals surface area contributed by atoms with Crippen molar-refractivity contribution in [3.05, 3.63) is 17.5 Å². The van der Waals surface area contributed by atoms with E-state index in [2.05, 4.69) is 10.4 Å². The summed E-state index contributed by atoms with van der Waals surface area (Å²) in [6.45, 7) is 4.02. The van der Waals surface area contributed by atoms with Crippen LogP contribution in [-0.2, 0) is 18.3 Å². The molecule has 1 heterocycles. The summed E-state index contributed by atoms with van der Waals surface area (Å²) in [4.78, 5) is 11.5. The van der Waals surface area contributed by atoms with Gasteiger partial charge in [0.15, 0.2) is 0 Å². The van der Waals surface area contributed by atoms with Crippen LogP contribution in [0.1, 0.15) is 44.0 Å². The maximum Gasteiger partial charge on any atom is 0.234 e. The Hall–Kier alpha value is -1.36. The molecule has 0 bridgehead atoms. The van der Waals surface area contributed by atoms with Gasteiger partial charge in [-0.1, -0.05) is 13.8 Å². The highest BCUT2D eigenvalue weighted by atomic mass is 16.1. The van der Waals surface area contributed by atoms with Crippen LogP contribution in [0.2, 0.25) is 0 Å². The van der Waals surface area contributed by atoms with Gasteiger partial charge in [-0.2, -0.15) is 5.10 Å². The number of nitrogens with one attached hydrogen (secondary N) is 1. The number of aromatic nitrogens is 2. The van der Waals surface area contributed by atoms with E-state index in [9.17, 15) is 4.79 Å². The van der Waals surface area contributed by atoms with Crippen molar-refractivity contribution in [1.29, 1.82) is 0 Å². The highest BCUT2D eigenvalue weighted by Gasteiger charge is 2.28. The second-order valence-electron chi connectivity index (χ2n) is 5.41. The molecule has 18 heavy (non-hydrogen) atoms. The van der Waals surface area contributed by atoms with Gasteiger partial charge in [-0.3, -0.25) is 14.8 Å². The average Bonchev–Trinajstić information content (AvgIpc) is 2.68. The fourth-order valence-corrected chi connectivity index (χ4v) is 2.70. The molecule has 0 saturated carbocycles. The van der Waals surface area contributed by atoms with Crippen molar-refractivity contribution in [3.63, 3.8) is 0 Å². The second kappa shape index (κ2) is 5.10. The van der Waals surface area contributed by atoms with Crippen LogP contribution in [-0.4, -0.2) is 21.7 Å². The molecule has 0 radical (unpaired) electrons. The quantitative estimate of drug-likeness (QED) is 0.833. The predicted octanol–water partition coefficient (Wildman–Crippen LogP) is 0.897. The summed E-state index contributed by atoms with van der Waals surface area (Å²) in [6, 6.07) is -0.0801. The van der Waals surface area contributed by atoms with E-state index in [4.69, 9.17) is 5.73 Å². The lowest BCUT2D eigenvalue weighted by atomic mass is 9.91. The largest absolute Gasteiger partial charge is 0.368 e. The fraction of sp³-hybridized carbons (Fsp3) is 0.692. The molecule has 0 aromatic carbocycles. The first kappa shape index (κ1) is 13.1. The lowest BCUT2D eigenvalue weighted by Crippen LogP contribution is -2.47. The molecule has 100 valence electrons. The number of hydrogen-bond acceptors (Lipinski definition) is 3. The summed E-state index contributed by atoms with van der Waals surface area (Å²) in [5, 5.41) is 7.70. The second-order valence-corrected chi connectivity index (χ2v) is 5.41. The molecule has 5 heteroatoms. The third-order valence-corrected chi connectivity index (χ3v) is 3.73. The Morgan fingerprint density at radius 3 is 2.94 bits per heavy atom. The van der Waals surface area contributed by atoms with Crippen LogP contribution in [0, 0.1) is 5.92 Å². The highest BCUT2D eigenvalue weighted by molar-refractivity contribution is 5.80. The van der Waals surface area contributed by atoms with E-state index in [1.54, 1.807) is 0 Å². The molecule has 1 aromatic rings. The summed E-state index contributed by atoms with van der Waals surface area (Å²) in [7, 11) is 1.97. The van der Waals surface area contributed by atoms with E-state index in [0.717, 1.165) is 19.3 Å². The van der Waals surface area contributed by atoms with E-state index >= 15 is 0 Å². The van der Waals surface area contributed by atoms with Crippen molar-refractivity contribution < 1.29 is 4.79 Å². The minimum Gasteiger partial charge on any atom is -0.368 e. The number of carbonyl (C=O) groups excluding carboxylic acids is 1. The zero-order valence-electron chi connectivity index (χ0n) is 11.3. The zero-order chi connectivity index (χ0) is 13.3. The van der Waals surface area contributed by atoms with Crippen LogP contribution in [0.25, 0.3) is 0 Å². The molecule has 1 aliphatic carbocycles. The molecule has 3 N–H and O–H groups in total. The van der Waals surface area contributed by atoms with Crippen LogP contribution < -0.4 is 11.1 Å². The Bertz CT molecular complexity index is 438. The van der Waals surface area contributed by atoms with Crippen LogP contribution in [0.15, 0.2) is 6.20 Å². The Morgan fingerprint density at radius 1 is 1.61 bits per heavy atom. The van der Waals surface area contributed by atoms with E-state index in [-0.39, 0.29) is 23.9 Å². The first-order valence-electron chi connectivity index (χ1n) is 6.57. The number of carbonyl (C=O) groups is 1. The van der Waals surface area contributed by atoms with Gasteiger partial charge in [0.1, 0.15) is 0 Å². The minimum atomic E-state index is -0.277. The summed E-state index contributed by atoms with van der Waals surface area (Å²) in [5.74, 6) is -0.0782. The Balaban J connectivity index is 2.18. The van der Waals surface area contributed by atoms with Crippen molar-refractivity contribution in [2.75, 3.05) is 0 Å². The first-order chi connectivity index (χ1) is 8.50. The van der Waals surface area contributed by atoms with Gasteiger partial charge in [0.25, 0.3) is 0 Å². The molecule has 0 aliphatic heterocycles. The first-order valence-corrected chi connectivity index (χ1v) is 6.57. The van der Waals surface area contributed by atoms with Gasteiger partial charge in [0.2, 0.25) is 5.91 Å². The minimum absolute atomic E-state index is 0.197. The fourth-order valence-electron chi connectivity index (χ4n) is 2.70. The summed E-state index contributed by atoms with van der Waals surface area (Å²) in [5.41, 5.74) is 7.95. The van der Waals surface area contributed by atoms with Gasteiger partial charge >= 0.3 is 0 Å². The topological polar surface area (TPSA) is 72.9 Å². The lowest BCUT2D eigenvalue weighted by molar-refractivity contribution is -0.121. The molecule has 2 rings (SSSR count). The number of rotatable bonds is 4. The third-order valence-electron chi connectivity index (χ3n) is 3.73. The molecule has 1 aromatic heterocycles. The van der Waals surface area contributed by atoms with E-state index in [1.807, 2.05) is 31.8 Å². The third kappa shape index (κ3) is 2.41.